The highest BCUT2D eigenvalue weighted by molar-refractivity contribution is 5.83. The van der Waals surface area contributed by atoms with Gasteiger partial charge in [0.05, 0.1) is 11.0 Å². The zero-order chi connectivity index (χ0) is 17.4. The number of hydrogen-bond donors (Lipinski definition) is 0. The Labute approximate surface area is 145 Å². The topological polar surface area (TPSA) is 51.3 Å². The summed E-state index contributed by atoms with van der Waals surface area (Å²) >= 11 is 0. The van der Waals surface area contributed by atoms with Crippen LogP contribution in [-0.4, -0.2) is 22.6 Å². The van der Waals surface area contributed by atoms with E-state index in [1.165, 1.54) is 0 Å². The van der Waals surface area contributed by atoms with Crippen LogP contribution in [0.1, 0.15) is 13.8 Å². The predicted molar refractivity (Wildman–Crippen MR) is 101 cm³/mol. The van der Waals surface area contributed by atoms with Crippen molar-refractivity contribution in [2.75, 3.05) is 18.0 Å². The van der Waals surface area contributed by atoms with Crippen molar-refractivity contribution in [3.05, 3.63) is 65.3 Å². The minimum atomic E-state index is -0.368. The van der Waals surface area contributed by atoms with Crippen LogP contribution < -0.4 is 10.5 Å². The van der Waals surface area contributed by atoms with Gasteiger partial charge in [-0.05, 0) is 44.2 Å². The summed E-state index contributed by atoms with van der Waals surface area (Å²) in [5.41, 5.74) is 3.49. The molecule has 0 saturated heterocycles. The molecule has 25 heavy (non-hydrogen) atoms. The lowest BCUT2D eigenvalue weighted by Gasteiger charge is -2.21. The summed E-state index contributed by atoms with van der Waals surface area (Å²) in [7, 11) is 0. The molecule has 0 aliphatic carbocycles. The van der Waals surface area contributed by atoms with Gasteiger partial charge in [-0.15, -0.1) is 0 Å². The number of fused-ring (bicyclic) bond motifs is 2. The summed E-state index contributed by atoms with van der Waals surface area (Å²) in [5.74, 6) is 0. The van der Waals surface area contributed by atoms with Gasteiger partial charge < -0.3 is 9.32 Å². The Bertz CT molecular complexity index is 1110. The summed E-state index contributed by atoms with van der Waals surface area (Å²) in [6.45, 7) is 6.03. The standard InChI is InChI=1S/C20H19N3O2/c1-3-22(4-2)15-10-9-14-11-18(20(24)25-19(14)12-15)23-13-21-16-7-5-6-8-17(16)23/h5-13H,3-4H2,1-2H3. The van der Waals surface area contributed by atoms with Crippen molar-refractivity contribution in [1.82, 2.24) is 9.55 Å². The third kappa shape index (κ3) is 2.58. The maximum Gasteiger partial charge on any atom is 0.360 e. The first-order valence-corrected chi connectivity index (χ1v) is 8.46. The maximum absolute atomic E-state index is 12.6. The van der Waals surface area contributed by atoms with Crippen LogP contribution in [0.2, 0.25) is 0 Å². The summed E-state index contributed by atoms with van der Waals surface area (Å²) in [5, 5.41) is 0.892. The first kappa shape index (κ1) is 15.4. The number of aromatic nitrogens is 2. The summed E-state index contributed by atoms with van der Waals surface area (Å²) in [4.78, 5) is 19.1. The van der Waals surface area contributed by atoms with E-state index in [4.69, 9.17) is 4.42 Å². The van der Waals surface area contributed by atoms with E-state index in [2.05, 4.69) is 29.8 Å². The third-order valence-electron chi connectivity index (χ3n) is 4.54. The lowest BCUT2D eigenvalue weighted by atomic mass is 10.2. The quantitative estimate of drug-likeness (QED) is 0.530. The van der Waals surface area contributed by atoms with Crippen molar-refractivity contribution in [3.8, 4) is 5.69 Å². The second kappa shape index (κ2) is 6.09. The van der Waals surface area contributed by atoms with Crippen LogP contribution in [-0.2, 0) is 0 Å². The molecular formula is C20H19N3O2. The number of hydrogen-bond acceptors (Lipinski definition) is 4. The molecule has 2 aromatic heterocycles. The van der Waals surface area contributed by atoms with Gasteiger partial charge in [-0.1, -0.05) is 12.1 Å². The van der Waals surface area contributed by atoms with Crippen molar-refractivity contribution in [2.45, 2.75) is 13.8 Å². The Hall–Kier alpha value is -3.08. The SMILES string of the molecule is CCN(CC)c1ccc2cc(-n3cnc4ccccc43)c(=O)oc2c1. The highest BCUT2D eigenvalue weighted by Gasteiger charge is 2.12. The smallest absolute Gasteiger partial charge is 0.360 e. The normalized spacial score (nSPS) is 11.3. The molecule has 0 saturated carbocycles. The van der Waals surface area contributed by atoms with E-state index in [-0.39, 0.29) is 5.63 Å². The second-order valence-electron chi connectivity index (χ2n) is 5.92. The van der Waals surface area contributed by atoms with Crippen LogP contribution >= 0.6 is 0 Å². The van der Waals surface area contributed by atoms with Gasteiger partial charge in [-0.3, -0.25) is 4.57 Å². The molecule has 4 aromatic rings. The van der Waals surface area contributed by atoms with Gasteiger partial charge in [0.1, 0.15) is 17.6 Å². The van der Waals surface area contributed by atoms with Gasteiger partial charge in [0, 0.05) is 30.2 Å². The minimum absolute atomic E-state index is 0.368. The Morgan fingerprint density at radius 1 is 1.08 bits per heavy atom. The molecule has 0 atom stereocenters. The van der Waals surface area contributed by atoms with Crippen LogP contribution in [0.15, 0.2) is 64.1 Å². The van der Waals surface area contributed by atoms with E-state index in [0.29, 0.717) is 11.3 Å². The number of anilines is 1. The molecule has 0 aliphatic rings. The average Bonchev–Trinajstić information content (AvgIpc) is 3.06. The molecule has 5 heteroatoms. The van der Waals surface area contributed by atoms with Crippen molar-refractivity contribution >= 4 is 27.7 Å². The molecule has 0 unspecified atom stereocenters. The fourth-order valence-electron chi connectivity index (χ4n) is 3.19. The summed E-state index contributed by atoms with van der Waals surface area (Å²) in [6, 6.07) is 15.6. The van der Waals surface area contributed by atoms with Crippen LogP contribution in [0.3, 0.4) is 0 Å². The molecule has 2 heterocycles. The molecule has 2 aromatic carbocycles. The second-order valence-corrected chi connectivity index (χ2v) is 5.92. The molecule has 5 nitrogen and oxygen atoms in total. The van der Waals surface area contributed by atoms with E-state index in [1.807, 2.05) is 42.5 Å². The zero-order valence-corrected chi connectivity index (χ0v) is 14.3. The number of imidazole rings is 1. The predicted octanol–water partition coefficient (Wildman–Crippen LogP) is 3.98. The highest BCUT2D eigenvalue weighted by Crippen LogP contribution is 2.24. The van der Waals surface area contributed by atoms with Gasteiger partial charge >= 0.3 is 5.63 Å². The van der Waals surface area contributed by atoms with Crippen molar-refractivity contribution in [2.24, 2.45) is 0 Å². The lowest BCUT2D eigenvalue weighted by molar-refractivity contribution is 0.556. The number of benzene rings is 2. The van der Waals surface area contributed by atoms with Gasteiger partial charge in [0.25, 0.3) is 0 Å². The van der Waals surface area contributed by atoms with Crippen molar-refractivity contribution < 1.29 is 4.42 Å². The monoisotopic (exact) mass is 333 g/mol. The number of rotatable bonds is 4. The van der Waals surface area contributed by atoms with E-state index in [1.54, 1.807) is 10.9 Å². The number of nitrogens with zero attached hydrogens (tertiary/aromatic N) is 3. The van der Waals surface area contributed by atoms with Crippen LogP contribution in [0.25, 0.3) is 27.7 Å². The molecule has 0 fully saturated rings. The fourth-order valence-corrected chi connectivity index (χ4v) is 3.19. The molecule has 0 N–H and O–H groups in total. The van der Waals surface area contributed by atoms with Crippen LogP contribution in [0.5, 0.6) is 0 Å². The first-order valence-electron chi connectivity index (χ1n) is 8.46. The first-order chi connectivity index (χ1) is 12.2. The minimum Gasteiger partial charge on any atom is -0.421 e. The fraction of sp³-hybridized carbons (Fsp3) is 0.200. The summed E-state index contributed by atoms with van der Waals surface area (Å²) in [6.07, 6.45) is 1.66. The maximum atomic E-state index is 12.6. The number of para-hydroxylation sites is 2. The molecular weight excluding hydrogens is 314 g/mol. The van der Waals surface area contributed by atoms with Crippen LogP contribution in [0.4, 0.5) is 5.69 Å². The molecule has 0 amide bonds. The largest absolute Gasteiger partial charge is 0.421 e. The zero-order valence-electron chi connectivity index (χ0n) is 14.3. The molecule has 4 rings (SSSR count). The van der Waals surface area contributed by atoms with E-state index >= 15 is 0 Å². The highest BCUT2D eigenvalue weighted by atomic mass is 16.4. The Morgan fingerprint density at radius 3 is 2.68 bits per heavy atom. The van der Waals surface area contributed by atoms with E-state index in [9.17, 15) is 4.79 Å². The van der Waals surface area contributed by atoms with Gasteiger partial charge in [-0.25, -0.2) is 9.78 Å². The molecule has 126 valence electrons. The van der Waals surface area contributed by atoms with Crippen molar-refractivity contribution in [1.29, 1.82) is 0 Å². The van der Waals surface area contributed by atoms with Crippen molar-refractivity contribution in [3.63, 3.8) is 0 Å². The molecule has 0 radical (unpaired) electrons. The van der Waals surface area contributed by atoms with Gasteiger partial charge in [0.15, 0.2) is 0 Å². The Kier molecular flexibility index (Phi) is 3.76. The lowest BCUT2D eigenvalue weighted by Crippen LogP contribution is -2.21. The van der Waals surface area contributed by atoms with Gasteiger partial charge in [-0.2, -0.15) is 0 Å². The molecule has 0 aliphatic heterocycles. The average molecular weight is 333 g/mol. The van der Waals surface area contributed by atoms with Gasteiger partial charge in [0.2, 0.25) is 0 Å². The molecule has 0 spiro atoms. The Morgan fingerprint density at radius 2 is 1.88 bits per heavy atom. The molecule has 0 bridgehead atoms. The van der Waals surface area contributed by atoms with E-state index in [0.717, 1.165) is 35.2 Å². The van der Waals surface area contributed by atoms with E-state index < -0.39 is 0 Å². The third-order valence-corrected chi connectivity index (χ3v) is 4.54. The Balaban J connectivity index is 1.88. The summed E-state index contributed by atoms with van der Waals surface area (Å²) < 4.78 is 7.39. The van der Waals surface area contributed by atoms with Crippen LogP contribution in [0, 0.1) is 0 Å².